The molecule has 0 aliphatic rings. The topological polar surface area (TPSA) is 34.9 Å². The molecular weight excluding hydrogens is 473 g/mol. The van der Waals surface area contributed by atoms with Gasteiger partial charge in [-0.2, -0.15) is 13.2 Å². The molecule has 2 heterocycles. The Bertz CT molecular complexity index is 1820. The largest absolute Gasteiger partial charge is 0.416 e. The zero-order valence-corrected chi connectivity index (χ0v) is 19.4. The van der Waals surface area contributed by atoms with Crippen LogP contribution < -0.4 is 5.56 Å². The van der Waals surface area contributed by atoms with Gasteiger partial charge in [0, 0.05) is 28.7 Å². The number of aromatic nitrogens is 2. The maximum atomic E-state index is 13.4. The Morgan fingerprint density at radius 1 is 0.649 bits per heavy atom. The Hall–Kier alpha value is -4.71. The van der Waals surface area contributed by atoms with Crippen molar-refractivity contribution in [2.75, 3.05) is 0 Å². The third-order valence-electron chi connectivity index (χ3n) is 6.47. The maximum Gasteiger partial charge on any atom is 0.416 e. The Morgan fingerprint density at radius 2 is 1.32 bits per heavy atom. The fraction of sp³-hybridized carbons (Fsp3) is 0.0323. The van der Waals surface area contributed by atoms with Crippen LogP contribution in [0.2, 0.25) is 0 Å². The van der Waals surface area contributed by atoms with Crippen molar-refractivity contribution < 1.29 is 13.2 Å². The number of hydrogen-bond donors (Lipinski definition) is 0. The molecule has 0 fully saturated rings. The molecule has 0 aliphatic heterocycles. The third-order valence-corrected chi connectivity index (χ3v) is 6.47. The Labute approximate surface area is 210 Å². The van der Waals surface area contributed by atoms with Crippen molar-refractivity contribution in [3.05, 3.63) is 131 Å². The first-order valence-corrected chi connectivity index (χ1v) is 11.7. The van der Waals surface area contributed by atoms with Crippen LogP contribution >= 0.6 is 0 Å². The first-order chi connectivity index (χ1) is 17.9. The van der Waals surface area contributed by atoms with Crippen LogP contribution in [0.3, 0.4) is 0 Å². The van der Waals surface area contributed by atoms with E-state index in [1.54, 1.807) is 12.3 Å². The van der Waals surface area contributed by atoms with Gasteiger partial charge in [0.25, 0.3) is 5.56 Å². The molecule has 0 atom stereocenters. The SMILES string of the molecule is O=c1ccc2cnc3ccc(-c4ccc(-c5ccccc5)cc4)cc3c2n1-c1cccc(C(F)(F)F)c1. The van der Waals surface area contributed by atoms with Crippen molar-refractivity contribution in [1.82, 2.24) is 9.55 Å². The summed E-state index contributed by atoms with van der Waals surface area (Å²) in [5.74, 6) is 0. The van der Waals surface area contributed by atoms with Crippen molar-refractivity contribution in [1.29, 1.82) is 0 Å². The molecular formula is C31H19F3N2O. The van der Waals surface area contributed by atoms with E-state index in [2.05, 4.69) is 29.2 Å². The van der Waals surface area contributed by atoms with Gasteiger partial charge in [0.05, 0.1) is 16.6 Å². The molecule has 180 valence electrons. The highest BCUT2D eigenvalue weighted by molar-refractivity contribution is 6.05. The smallest absolute Gasteiger partial charge is 0.276 e. The molecule has 0 N–H and O–H groups in total. The Kier molecular flexibility index (Phi) is 5.37. The van der Waals surface area contributed by atoms with Gasteiger partial charge in [-0.25, -0.2) is 0 Å². The summed E-state index contributed by atoms with van der Waals surface area (Å²) in [5, 5.41) is 1.33. The predicted octanol–water partition coefficient (Wildman–Crippen LogP) is 7.89. The molecule has 0 saturated carbocycles. The fourth-order valence-corrected chi connectivity index (χ4v) is 4.65. The van der Waals surface area contributed by atoms with E-state index in [1.165, 1.54) is 22.8 Å². The molecule has 2 aromatic heterocycles. The van der Waals surface area contributed by atoms with Crippen molar-refractivity contribution in [2.24, 2.45) is 0 Å². The second-order valence-electron chi connectivity index (χ2n) is 8.79. The van der Waals surface area contributed by atoms with Crippen LogP contribution in [-0.2, 0) is 6.18 Å². The van der Waals surface area contributed by atoms with E-state index in [4.69, 9.17) is 0 Å². The minimum absolute atomic E-state index is 0.149. The highest BCUT2D eigenvalue weighted by Gasteiger charge is 2.30. The van der Waals surface area contributed by atoms with Gasteiger partial charge in [-0.1, -0.05) is 66.7 Å². The van der Waals surface area contributed by atoms with E-state index in [0.717, 1.165) is 34.4 Å². The summed E-state index contributed by atoms with van der Waals surface area (Å²) < 4.78 is 41.6. The van der Waals surface area contributed by atoms with Crippen LogP contribution in [0.25, 0.3) is 49.7 Å². The predicted molar refractivity (Wildman–Crippen MR) is 141 cm³/mol. The first kappa shape index (κ1) is 22.7. The number of rotatable bonds is 3. The number of hydrogen-bond acceptors (Lipinski definition) is 2. The van der Waals surface area contributed by atoms with E-state index in [9.17, 15) is 18.0 Å². The second-order valence-corrected chi connectivity index (χ2v) is 8.79. The molecule has 0 spiro atoms. The summed E-state index contributed by atoms with van der Waals surface area (Å²) in [4.78, 5) is 17.6. The molecule has 0 aliphatic carbocycles. The van der Waals surface area contributed by atoms with Crippen molar-refractivity contribution in [3.8, 4) is 27.9 Å². The number of nitrogens with zero attached hydrogens (tertiary/aromatic N) is 2. The van der Waals surface area contributed by atoms with Crippen LogP contribution in [0, 0.1) is 0 Å². The summed E-state index contributed by atoms with van der Waals surface area (Å²) in [6.07, 6.45) is -2.89. The highest BCUT2D eigenvalue weighted by Crippen LogP contribution is 2.33. The van der Waals surface area contributed by atoms with Gasteiger partial charge in [0.2, 0.25) is 0 Å². The summed E-state index contributed by atoms with van der Waals surface area (Å²) in [5.41, 5.74) is 4.17. The van der Waals surface area contributed by atoms with Crippen LogP contribution in [0.15, 0.2) is 120 Å². The van der Waals surface area contributed by atoms with Crippen LogP contribution in [0.4, 0.5) is 13.2 Å². The fourth-order valence-electron chi connectivity index (χ4n) is 4.65. The summed E-state index contributed by atoms with van der Waals surface area (Å²) in [7, 11) is 0. The van der Waals surface area contributed by atoms with E-state index in [-0.39, 0.29) is 5.69 Å². The summed E-state index contributed by atoms with van der Waals surface area (Å²) in [6.45, 7) is 0. The van der Waals surface area contributed by atoms with Crippen molar-refractivity contribution in [2.45, 2.75) is 6.18 Å². The summed E-state index contributed by atoms with van der Waals surface area (Å²) in [6, 6.07) is 31.8. The van der Waals surface area contributed by atoms with Gasteiger partial charge < -0.3 is 0 Å². The molecule has 0 amide bonds. The zero-order chi connectivity index (χ0) is 25.6. The quantitative estimate of drug-likeness (QED) is 0.236. The molecule has 0 unspecified atom stereocenters. The molecule has 3 nitrogen and oxygen atoms in total. The van der Waals surface area contributed by atoms with Gasteiger partial charge in [0.15, 0.2) is 0 Å². The molecule has 6 heteroatoms. The lowest BCUT2D eigenvalue weighted by atomic mass is 9.98. The first-order valence-electron chi connectivity index (χ1n) is 11.7. The number of halogens is 3. The average Bonchev–Trinajstić information content (AvgIpc) is 2.93. The molecule has 6 aromatic rings. The van der Waals surface area contributed by atoms with Gasteiger partial charge in [-0.05, 0) is 58.7 Å². The average molecular weight is 493 g/mol. The standard InChI is InChI=1S/C31H19F3N2O/c32-31(33,34)25-7-4-8-26(18-25)36-29(37)16-14-24-19-35-28-15-13-23(17-27(28)30(24)36)22-11-9-21(10-12-22)20-5-2-1-3-6-20/h1-19H. The minimum atomic E-state index is -4.52. The molecule has 0 radical (unpaired) electrons. The lowest BCUT2D eigenvalue weighted by Gasteiger charge is -2.15. The van der Waals surface area contributed by atoms with Gasteiger partial charge in [0.1, 0.15) is 0 Å². The van der Waals surface area contributed by atoms with Gasteiger partial charge in [-0.3, -0.25) is 14.3 Å². The number of benzene rings is 4. The van der Waals surface area contributed by atoms with Gasteiger partial charge >= 0.3 is 6.18 Å². The third kappa shape index (κ3) is 4.16. The lowest BCUT2D eigenvalue weighted by molar-refractivity contribution is -0.137. The summed E-state index contributed by atoms with van der Waals surface area (Å²) >= 11 is 0. The van der Waals surface area contributed by atoms with Gasteiger partial charge in [-0.15, -0.1) is 0 Å². The van der Waals surface area contributed by atoms with E-state index in [0.29, 0.717) is 21.8 Å². The normalized spacial score (nSPS) is 11.8. The lowest BCUT2D eigenvalue weighted by Crippen LogP contribution is -2.18. The van der Waals surface area contributed by atoms with Crippen LogP contribution in [0.1, 0.15) is 5.56 Å². The van der Waals surface area contributed by atoms with E-state index < -0.39 is 17.3 Å². The van der Waals surface area contributed by atoms with Crippen molar-refractivity contribution >= 4 is 21.8 Å². The van der Waals surface area contributed by atoms with Crippen LogP contribution in [-0.4, -0.2) is 9.55 Å². The number of pyridine rings is 2. The van der Waals surface area contributed by atoms with E-state index in [1.807, 2.05) is 48.5 Å². The number of alkyl halides is 3. The number of fused-ring (bicyclic) bond motifs is 3. The Balaban J connectivity index is 1.55. The Morgan fingerprint density at radius 3 is 2.05 bits per heavy atom. The second kappa shape index (κ2) is 8.75. The molecule has 0 saturated heterocycles. The minimum Gasteiger partial charge on any atom is -0.276 e. The van der Waals surface area contributed by atoms with Crippen LogP contribution in [0.5, 0.6) is 0 Å². The molecule has 4 aromatic carbocycles. The molecule has 0 bridgehead atoms. The van der Waals surface area contributed by atoms with E-state index >= 15 is 0 Å². The monoisotopic (exact) mass is 492 g/mol. The molecule has 6 rings (SSSR count). The maximum absolute atomic E-state index is 13.4. The van der Waals surface area contributed by atoms with Crippen molar-refractivity contribution in [3.63, 3.8) is 0 Å². The highest BCUT2D eigenvalue weighted by atomic mass is 19.4. The zero-order valence-electron chi connectivity index (χ0n) is 19.4. The molecule has 37 heavy (non-hydrogen) atoms.